The van der Waals surface area contributed by atoms with Crippen molar-refractivity contribution in [2.45, 2.75) is 51.5 Å². The van der Waals surface area contributed by atoms with Gasteiger partial charge >= 0.3 is 4.87 Å². The third-order valence-corrected chi connectivity index (χ3v) is 7.37. The fourth-order valence-electron chi connectivity index (χ4n) is 4.71. The molecular weight excluding hydrogens is 366 g/mol. The number of amides is 2. The normalized spacial score (nSPS) is 32.2. The van der Waals surface area contributed by atoms with Gasteiger partial charge in [0.1, 0.15) is 0 Å². The highest BCUT2D eigenvalue weighted by atomic mass is 32.1. The van der Waals surface area contributed by atoms with Crippen molar-refractivity contribution in [1.82, 2.24) is 15.2 Å². The van der Waals surface area contributed by atoms with Crippen molar-refractivity contribution < 1.29 is 14.7 Å². The number of carbonyl (C=O) groups excluding carboxylic acids is 2. The number of nitrogens with one attached hydrogen (secondary N) is 2. The van der Waals surface area contributed by atoms with Gasteiger partial charge in [-0.1, -0.05) is 31.1 Å². The fourth-order valence-corrected chi connectivity index (χ4v) is 5.42. The van der Waals surface area contributed by atoms with Gasteiger partial charge in [0.25, 0.3) is 0 Å². The molecule has 3 aliphatic rings. The summed E-state index contributed by atoms with van der Waals surface area (Å²) in [4.78, 5) is 40.0. The number of hydrogen-bond donors (Lipinski definition) is 3. The van der Waals surface area contributed by atoms with Crippen molar-refractivity contribution in [3.05, 3.63) is 14.5 Å². The zero-order valence-corrected chi connectivity index (χ0v) is 16.4. The lowest BCUT2D eigenvalue weighted by Gasteiger charge is -2.26. The minimum atomic E-state index is -0.352. The van der Waals surface area contributed by atoms with Gasteiger partial charge in [0.05, 0.1) is 11.3 Å². The van der Waals surface area contributed by atoms with Gasteiger partial charge in [-0.2, -0.15) is 0 Å². The van der Waals surface area contributed by atoms with Gasteiger partial charge in [-0.25, -0.2) is 0 Å². The molecule has 3 N–H and O–H groups in total. The molecule has 1 aromatic heterocycles. The quantitative estimate of drug-likeness (QED) is 0.705. The Morgan fingerprint density at radius 1 is 1.22 bits per heavy atom. The lowest BCUT2D eigenvalue weighted by atomic mass is 9.81. The number of thiazole rings is 1. The van der Waals surface area contributed by atoms with Gasteiger partial charge in [0.2, 0.25) is 17.7 Å². The van der Waals surface area contributed by atoms with E-state index >= 15 is 0 Å². The van der Waals surface area contributed by atoms with Crippen LogP contribution in [0, 0.1) is 23.7 Å². The monoisotopic (exact) mass is 393 g/mol. The Bertz CT molecular complexity index is 768. The molecule has 2 saturated carbocycles. The standard InChI is InChI=1S/C19H27N3O4S/c1-10-2-4-11(5-3-10)6-15(23)20-17-12-8-22(9-13(12)17)16(24)7-14-18(25)21-19(26)27-14/h10-13,17,25H,2-9H2,1H3,(H,20,23)(H,21,26)/t10?,11?,12-,13+,17?. The summed E-state index contributed by atoms with van der Waals surface area (Å²) in [5.41, 5.74) is 0. The molecule has 2 heterocycles. The average Bonchev–Trinajstić information content (AvgIpc) is 2.94. The molecule has 3 fully saturated rings. The van der Waals surface area contributed by atoms with Gasteiger partial charge in [0.15, 0.2) is 0 Å². The first kappa shape index (κ1) is 18.5. The molecule has 148 valence electrons. The fraction of sp³-hybridized carbons (Fsp3) is 0.737. The van der Waals surface area contributed by atoms with Gasteiger partial charge in [-0.3, -0.25) is 19.4 Å². The Hall–Kier alpha value is -1.83. The average molecular weight is 394 g/mol. The summed E-state index contributed by atoms with van der Waals surface area (Å²) in [5, 5.41) is 12.8. The molecule has 2 amide bonds. The van der Waals surface area contributed by atoms with E-state index in [1.54, 1.807) is 4.90 Å². The molecule has 0 bridgehead atoms. The van der Waals surface area contributed by atoms with E-state index in [1.165, 1.54) is 12.8 Å². The molecule has 2 aliphatic carbocycles. The lowest BCUT2D eigenvalue weighted by molar-refractivity contribution is -0.130. The van der Waals surface area contributed by atoms with Crippen molar-refractivity contribution >= 4 is 23.2 Å². The number of aromatic amines is 1. The van der Waals surface area contributed by atoms with Crippen molar-refractivity contribution in [3.8, 4) is 5.88 Å². The van der Waals surface area contributed by atoms with E-state index in [9.17, 15) is 19.5 Å². The predicted molar refractivity (Wildman–Crippen MR) is 102 cm³/mol. The molecule has 7 nitrogen and oxygen atoms in total. The molecule has 4 rings (SSSR count). The number of nitrogens with zero attached hydrogens (tertiary/aromatic N) is 1. The van der Waals surface area contributed by atoms with Crippen molar-refractivity contribution in [2.75, 3.05) is 13.1 Å². The number of likely N-dealkylation sites (tertiary alicyclic amines) is 1. The molecular formula is C19H27N3O4S. The Kier molecular flexibility index (Phi) is 5.01. The first-order valence-corrected chi connectivity index (χ1v) is 10.7. The van der Waals surface area contributed by atoms with E-state index in [0.717, 1.165) is 30.1 Å². The van der Waals surface area contributed by atoms with Crippen LogP contribution in [0.2, 0.25) is 0 Å². The second-order valence-electron chi connectivity index (χ2n) is 8.51. The molecule has 0 radical (unpaired) electrons. The third kappa shape index (κ3) is 4.05. The highest BCUT2D eigenvalue weighted by molar-refractivity contribution is 7.09. The predicted octanol–water partition coefficient (Wildman–Crippen LogP) is 1.47. The largest absolute Gasteiger partial charge is 0.494 e. The third-order valence-electron chi connectivity index (χ3n) is 6.50. The van der Waals surface area contributed by atoms with Crippen LogP contribution < -0.4 is 10.2 Å². The summed E-state index contributed by atoms with van der Waals surface area (Å²) in [7, 11) is 0. The van der Waals surface area contributed by atoms with Crippen molar-refractivity contribution in [1.29, 1.82) is 0 Å². The zero-order chi connectivity index (χ0) is 19.1. The number of piperidine rings is 1. The van der Waals surface area contributed by atoms with Crippen LogP contribution in [0.25, 0.3) is 0 Å². The first-order valence-electron chi connectivity index (χ1n) is 9.88. The molecule has 1 saturated heterocycles. The van der Waals surface area contributed by atoms with Gasteiger partial charge < -0.3 is 15.3 Å². The molecule has 0 aromatic carbocycles. The molecule has 3 atom stereocenters. The smallest absolute Gasteiger partial charge is 0.307 e. The highest BCUT2D eigenvalue weighted by Crippen LogP contribution is 2.46. The summed E-state index contributed by atoms with van der Waals surface area (Å²) in [6.07, 6.45) is 5.46. The molecule has 0 spiro atoms. The minimum absolute atomic E-state index is 0.0474. The van der Waals surface area contributed by atoms with Crippen LogP contribution in [0.3, 0.4) is 0 Å². The summed E-state index contributed by atoms with van der Waals surface area (Å²) in [6, 6.07) is 0.209. The van der Waals surface area contributed by atoms with Gasteiger partial charge in [-0.15, -0.1) is 0 Å². The second-order valence-corrected chi connectivity index (χ2v) is 9.58. The van der Waals surface area contributed by atoms with Crippen LogP contribution in [0.5, 0.6) is 5.88 Å². The summed E-state index contributed by atoms with van der Waals surface area (Å²) < 4.78 is 0. The van der Waals surface area contributed by atoms with E-state index in [4.69, 9.17) is 0 Å². The van der Waals surface area contributed by atoms with Crippen molar-refractivity contribution in [2.24, 2.45) is 23.7 Å². The number of carbonyl (C=O) groups is 2. The molecule has 8 heteroatoms. The number of rotatable bonds is 5. The Labute approximate surface area is 162 Å². The maximum Gasteiger partial charge on any atom is 0.307 e. The van der Waals surface area contributed by atoms with Crippen LogP contribution in [-0.4, -0.2) is 45.9 Å². The zero-order valence-electron chi connectivity index (χ0n) is 15.6. The van der Waals surface area contributed by atoms with Crippen LogP contribution in [0.1, 0.15) is 43.9 Å². The summed E-state index contributed by atoms with van der Waals surface area (Å²) >= 11 is 0.873. The van der Waals surface area contributed by atoms with Gasteiger partial charge in [-0.05, 0) is 24.7 Å². The summed E-state index contributed by atoms with van der Waals surface area (Å²) in [5.74, 6) is 1.91. The number of hydrogen-bond acceptors (Lipinski definition) is 5. The maximum absolute atomic E-state index is 12.4. The topological polar surface area (TPSA) is 103 Å². The van der Waals surface area contributed by atoms with Crippen LogP contribution in [0.15, 0.2) is 4.79 Å². The lowest BCUT2D eigenvalue weighted by Crippen LogP contribution is -2.38. The minimum Gasteiger partial charge on any atom is -0.494 e. The number of H-pyrrole nitrogens is 1. The van der Waals surface area contributed by atoms with Crippen LogP contribution in [0.4, 0.5) is 0 Å². The summed E-state index contributed by atoms with van der Waals surface area (Å²) in [6.45, 7) is 3.58. The van der Waals surface area contributed by atoms with Crippen LogP contribution >= 0.6 is 11.3 Å². The molecule has 1 aliphatic heterocycles. The molecule has 27 heavy (non-hydrogen) atoms. The van der Waals surface area contributed by atoms with E-state index < -0.39 is 0 Å². The highest BCUT2D eigenvalue weighted by Gasteiger charge is 2.57. The number of fused-ring (bicyclic) bond motifs is 1. The first-order chi connectivity index (χ1) is 12.9. The molecule has 1 aromatic rings. The van der Waals surface area contributed by atoms with E-state index in [-0.39, 0.29) is 35.0 Å². The molecule has 1 unspecified atom stereocenters. The van der Waals surface area contributed by atoms with E-state index in [2.05, 4.69) is 17.2 Å². The maximum atomic E-state index is 12.4. The Morgan fingerprint density at radius 2 is 1.89 bits per heavy atom. The number of aromatic nitrogens is 1. The second kappa shape index (κ2) is 7.30. The SMILES string of the molecule is CC1CCC(CC(=O)NC2[C@H]3CN(C(=O)Cc4sc(=O)[nH]c4O)C[C@@H]23)CC1. The van der Waals surface area contributed by atoms with Crippen LogP contribution in [-0.2, 0) is 16.0 Å². The Morgan fingerprint density at radius 3 is 2.48 bits per heavy atom. The van der Waals surface area contributed by atoms with E-state index in [1.807, 2.05) is 0 Å². The Balaban J connectivity index is 1.20. The number of aromatic hydroxyl groups is 1. The van der Waals surface area contributed by atoms with Crippen molar-refractivity contribution in [3.63, 3.8) is 0 Å². The van der Waals surface area contributed by atoms with Gasteiger partial charge in [0, 0.05) is 37.4 Å². The van der Waals surface area contributed by atoms with E-state index in [0.29, 0.717) is 42.1 Å².